The molecule has 0 radical (unpaired) electrons. The molecular weight excluding hydrogens is 381 g/mol. The number of carbonyl (C=O) groups is 1. The molecule has 146 valence electrons. The maximum absolute atomic E-state index is 13.0. The van der Waals surface area contributed by atoms with Gasteiger partial charge in [-0.1, -0.05) is 12.1 Å². The highest BCUT2D eigenvalue weighted by Gasteiger charge is 2.26. The average Bonchev–Trinajstić information content (AvgIpc) is 2.62. The predicted octanol–water partition coefficient (Wildman–Crippen LogP) is 3.45. The minimum atomic E-state index is -4.67. The molecule has 5 nitrogen and oxygen atoms in total. The van der Waals surface area contributed by atoms with E-state index in [-0.39, 0.29) is 30.0 Å². The molecule has 1 N–H and O–H groups in total. The number of hydrogen-bond donors (Lipinski definition) is 1. The summed E-state index contributed by atoms with van der Waals surface area (Å²) in [6.07, 6.45) is 0. The molecule has 0 saturated carbocycles. The molecule has 0 aromatic heterocycles. The van der Waals surface area contributed by atoms with Crippen molar-refractivity contribution in [2.45, 2.75) is 23.6 Å². The molecule has 0 spiro atoms. The van der Waals surface area contributed by atoms with E-state index in [0.717, 1.165) is 17.7 Å². The Kier molecular flexibility index (Phi) is 6.61. The number of hydrogen-bond acceptors (Lipinski definition) is 4. The van der Waals surface area contributed by atoms with E-state index in [1.165, 1.54) is 24.3 Å². The summed E-state index contributed by atoms with van der Waals surface area (Å²) in [6.45, 7) is 1.89. The number of alkyl halides is 2. The minimum absolute atomic E-state index is 0.0234. The van der Waals surface area contributed by atoms with Crippen LogP contribution in [0.3, 0.4) is 0 Å². The number of nitrogens with one attached hydrogen (secondary N) is 1. The van der Waals surface area contributed by atoms with Gasteiger partial charge in [-0.05, 0) is 55.9 Å². The van der Waals surface area contributed by atoms with Gasteiger partial charge < -0.3 is 5.32 Å². The normalized spacial score (nSPS) is 13.0. The highest BCUT2D eigenvalue weighted by Crippen LogP contribution is 2.21. The van der Waals surface area contributed by atoms with Crippen LogP contribution in [0.25, 0.3) is 0 Å². The van der Waals surface area contributed by atoms with Crippen molar-refractivity contribution in [3.8, 4) is 0 Å². The third-order valence-electron chi connectivity index (χ3n) is 4.11. The summed E-state index contributed by atoms with van der Waals surface area (Å²) >= 11 is 0. The Balaban J connectivity index is 1.98. The van der Waals surface area contributed by atoms with Crippen molar-refractivity contribution in [1.82, 2.24) is 4.90 Å². The van der Waals surface area contributed by atoms with Gasteiger partial charge in [0.25, 0.3) is 0 Å². The molecule has 0 aliphatic carbocycles. The molecule has 2 aromatic rings. The average molecular weight is 400 g/mol. The van der Waals surface area contributed by atoms with Crippen molar-refractivity contribution in [2.75, 3.05) is 18.9 Å². The third kappa shape index (κ3) is 5.30. The van der Waals surface area contributed by atoms with Crippen LogP contribution in [-0.4, -0.2) is 38.6 Å². The number of rotatable bonds is 7. The Labute approximate surface area is 155 Å². The van der Waals surface area contributed by atoms with Crippen molar-refractivity contribution in [1.29, 1.82) is 0 Å². The molecule has 0 aliphatic heterocycles. The first-order chi connectivity index (χ1) is 12.6. The number of amides is 1. The molecule has 9 heteroatoms. The number of anilines is 1. The fourth-order valence-electron chi connectivity index (χ4n) is 2.39. The molecule has 2 rings (SSSR count). The van der Waals surface area contributed by atoms with E-state index in [0.29, 0.717) is 0 Å². The zero-order chi connectivity index (χ0) is 20.2. The zero-order valence-corrected chi connectivity index (χ0v) is 15.5. The Hall–Kier alpha value is -2.39. The van der Waals surface area contributed by atoms with Crippen molar-refractivity contribution in [3.05, 3.63) is 59.9 Å². The van der Waals surface area contributed by atoms with Crippen LogP contribution in [0, 0.1) is 5.82 Å². The second-order valence-corrected chi connectivity index (χ2v) is 7.94. The van der Waals surface area contributed by atoms with Crippen molar-refractivity contribution >= 4 is 21.4 Å². The number of benzene rings is 2. The zero-order valence-electron chi connectivity index (χ0n) is 14.7. The van der Waals surface area contributed by atoms with Gasteiger partial charge in [0.2, 0.25) is 15.7 Å². The Morgan fingerprint density at radius 2 is 1.63 bits per heavy atom. The third-order valence-corrected chi connectivity index (χ3v) is 5.51. The largest absolute Gasteiger partial charge is 0.341 e. The summed E-state index contributed by atoms with van der Waals surface area (Å²) in [4.78, 5) is 13.4. The van der Waals surface area contributed by atoms with Gasteiger partial charge in [-0.25, -0.2) is 12.8 Å². The van der Waals surface area contributed by atoms with Crippen LogP contribution >= 0.6 is 0 Å². The summed E-state index contributed by atoms with van der Waals surface area (Å²) < 4.78 is 60.8. The van der Waals surface area contributed by atoms with Gasteiger partial charge in [0, 0.05) is 11.7 Å². The lowest BCUT2D eigenvalue weighted by atomic mass is 10.1. The summed E-state index contributed by atoms with van der Waals surface area (Å²) in [5.41, 5.74) is 1.13. The lowest BCUT2D eigenvalue weighted by Gasteiger charge is -2.24. The lowest BCUT2D eigenvalue weighted by molar-refractivity contribution is -0.117. The van der Waals surface area contributed by atoms with Gasteiger partial charge in [-0.15, -0.1) is 0 Å². The van der Waals surface area contributed by atoms with E-state index >= 15 is 0 Å². The molecule has 1 amide bonds. The first kappa shape index (κ1) is 20.9. The Bertz CT molecular complexity index is 885. The molecule has 2 aromatic carbocycles. The fraction of sp³-hybridized carbons (Fsp3) is 0.278. The molecule has 0 saturated heterocycles. The minimum Gasteiger partial charge on any atom is -0.325 e. The quantitative estimate of drug-likeness (QED) is 0.773. The Morgan fingerprint density at radius 3 is 2.15 bits per heavy atom. The number of carbonyl (C=O) groups excluding carboxylic acids is 1. The van der Waals surface area contributed by atoms with Gasteiger partial charge in [0.1, 0.15) is 5.82 Å². The fourth-order valence-corrected chi connectivity index (χ4v) is 3.11. The standard InChI is InChI=1S/C18H19F3N2O3S/c1-12(13-3-5-14(19)6-4-13)23(2)11-17(24)22-15-7-9-16(10-8-15)27(25,26)18(20)21/h3-10,12,18H,11H2,1-2H3,(H,22,24). The summed E-state index contributed by atoms with van der Waals surface area (Å²) in [5.74, 6) is -4.21. The molecule has 1 unspecified atom stereocenters. The van der Waals surface area contributed by atoms with E-state index in [2.05, 4.69) is 5.32 Å². The van der Waals surface area contributed by atoms with Crippen LogP contribution in [0.2, 0.25) is 0 Å². The van der Waals surface area contributed by atoms with Crippen LogP contribution < -0.4 is 5.32 Å². The molecule has 27 heavy (non-hydrogen) atoms. The number of halogens is 3. The van der Waals surface area contributed by atoms with Crippen LogP contribution in [0.1, 0.15) is 18.5 Å². The van der Waals surface area contributed by atoms with Gasteiger partial charge >= 0.3 is 5.76 Å². The highest BCUT2D eigenvalue weighted by molar-refractivity contribution is 7.91. The van der Waals surface area contributed by atoms with Gasteiger partial charge in [-0.3, -0.25) is 9.69 Å². The van der Waals surface area contributed by atoms with E-state index in [4.69, 9.17) is 0 Å². The molecule has 0 heterocycles. The number of nitrogens with zero attached hydrogens (tertiary/aromatic N) is 1. The topological polar surface area (TPSA) is 66.5 Å². The molecule has 1 atom stereocenters. The molecule has 0 aliphatic rings. The first-order valence-corrected chi connectivity index (χ1v) is 9.53. The Morgan fingerprint density at radius 1 is 1.07 bits per heavy atom. The van der Waals surface area contributed by atoms with Gasteiger partial charge in [0.05, 0.1) is 11.4 Å². The number of likely N-dealkylation sites (N-methyl/N-ethyl adjacent to an activating group) is 1. The van der Waals surface area contributed by atoms with E-state index in [9.17, 15) is 26.4 Å². The lowest BCUT2D eigenvalue weighted by Crippen LogP contribution is -2.32. The molecular formula is C18H19F3N2O3S. The smallest absolute Gasteiger partial charge is 0.325 e. The van der Waals surface area contributed by atoms with Crippen LogP contribution in [0.15, 0.2) is 53.4 Å². The SMILES string of the molecule is CC(c1ccc(F)cc1)N(C)CC(=O)Nc1ccc(S(=O)(=O)C(F)F)cc1. The van der Waals surface area contributed by atoms with E-state index < -0.39 is 20.5 Å². The van der Waals surface area contributed by atoms with Crippen LogP contribution in [0.4, 0.5) is 18.9 Å². The van der Waals surface area contributed by atoms with Crippen LogP contribution in [-0.2, 0) is 14.6 Å². The summed E-state index contributed by atoms with van der Waals surface area (Å²) in [6, 6.07) is 10.3. The monoisotopic (exact) mass is 400 g/mol. The van der Waals surface area contributed by atoms with Crippen molar-refractivity contribution in [3.63, 3.8) is 0 Å². The molecule has 0 bridgehead atoms. The van der Waals surface area contributed by atoms with Gasteiger partial charge in [0.15, 0.2) is 0 Å². The van der Waals surface area contributed by atoms with Gasteiger partial charge in [-0.2, -0.15) is 8.78 Å². The second kappa shape index (κ2) is 8.53. The van der Waals surface area contributed by atoms with E-state index in [1.807, 2.05) is 6.92 Å². The second-order valence-electron chi connectivity index (χ2n) is 6.02. The summed E-state index contributed by atoms with van der Waals surface area (Å²) in [5, 5.41) is 2.57. The maximum Gasteiger partial charge on any atom is 0.341 e. The maximum atomic E-state index is 13.0. The van der Waals surface area contributed by atoms with Crippen LogP contribution in [0.5, 0.6) is 0 Å². The van der Waals surface area contributed by atoms with Crippen molar-refractivity contribution in [2.24, 2.45) is 0 Å². The van der Waals surface area contributed by atoms with E-state index in [1.54, 1.807) is 24.1 Å². The summed E-state index contributed by atoms with van der Waals surface area (Å²) in [7, 11) is -2.94. The van der Waals surface area contributed by atoms with Crippen molar-refractivity contribution < 1.29 is 26.4 Å². The highest BCUT2D eigenvalue weighted by atomic mass is 32.2. The number of sulfone groups is 1. The molecule has 0 fully saturated rings. The predicted molar refractivity (Wildman–Crippen MR) is 95.7 cm³/mol. The first-order valence-electron chi connectivity index (χ1n) is 7.99.